The maximum absolute atomic E-state index is 8.93. The molecule has 92 valence electrons. The molecular weight excluding hydrogens is 226 g/mol. The number of anilines is 1. The number of benzene rings is 1. The van der Waals surface area contributed by atoms with Crippen LogP contribution in [0.4, 0.5) is 5.88 Å². The average molecular weight is 241 g/mol. The molecule has 0 saturated carbocycles. The molecule has 0 amide bonds. The van der Waals surface area contributed by atoms with E-state index in [0.29, 0.717) is 23.9 Å². The maximum atomic E-state index is 8.93. The average Bonchev–Trinajstić information content (AvgIpc) is 2.82. The molecule has 0 spiro atoms. The predicted molar refractivity (Wildman–Crippen MR) is 69.2 cm³/mol. The van der Waals surface area contributed by atoms with Crippen molar-refractivity contribution in [3.63, 3.8) is 0 Å². The zero-order chi connectivity index (χ0) is 12.8. The van der Waals surface area contributed by atoms with Crippen LogP contribution in [0.1, 0.15) is 24.1 Å². The van der Waals surface area contributed by atoms with Crippen LogP contribution in [0.5, 0.6) is 0 Å². The first-order chi connectivity index (χ1) is 8.83. The number of aromatic nitrogens is 1. The first-order valence-corrected chi connectivity index (χ1v) is 6.01. The second-order valence-electron chi connectivity index (χ2n) is 3.91. The van der Waals surface area contributed by atoms with E-state index in [1.54, 1.807) is 0 Å². The number of nitrogens with zero attached hydrogens (tertiary/aromatic N) is 2. The number of oxazole rings is 1. The summed E-state index contributed by atoms with van der Waals surface area (Å²) < 4.78 is 5.45. The van der Waals surface area contributed by atoms with Gasteiger partial charge in [-0.3, -0.25) is 0 Å². The Bertz CT molecular complexity index is 540. The summed E-state index contributed by atoms with van der Waals surface area (Å²) in [7, 11) is 0. The number of nitriles is 1. The van der Waals surface area contributed by atoms with Crippen LogP contribution >= 0.6 is 0 Å². The number of hydrogen-bond acceptors (Lipinski definition) is 4. The Morgan fingerprint density at radius 1 is 1.33 bits per heavy atom. The van der Waals surface area contributed by atoms with Gasteiger partial charge in [0, 0.05) is 13.0 Å². The van der Waals surface area contributed by atoms with Gasteiger partial charge in [0.15, 0.2) is 5.89 Å². The summed E-state index contributed by atoms with van der Waals surface area (Å²) in [5, 5.41) is 12.0. The van der Waals surface area contributed by atoms with Crippen LogP contribution < -0.4 is 5.32 Å². The topological polar surface area (TPSA) is 61.9 Å². The Kier molecular flexibility index (Phi) is 3.98. The SMILES string of the molecule is CCc1nc(C#N)c(NCCc2ccccc2)o1. The van der Waals surface area contributed by atoms with Crippen LogP contribution in [0.2, 0.25) is 0 Å². The van der Waals surface area contributed by atoms with Gasteiger partial charge in [-0.15, -0.1) is 0 Å². The fourth-order valence-corrected chi connectivity index (χ4v) is 1.68. The van der Waals surface area contributed by atoms with Gasteiger partial charge in [-0.1, -0.05) is 37.3 Å². The molecule has 1 N–H and O–H groups in total. The Morgan fingerprint density at radius 2 is 2.11 bits per heavy atom. The van der Waals surface area contributed by atoms with E-state index in [-0.39, 0.29) is 0 Å². The highest BCUT2D eigenvalue weighted by Crippen LogP contribution is 2.16. The molecule has 4 nitrogen and oxygen atoms in total. The number of aryl methyl sites for hydroxylation is 1. The van der Waals surface area contributed by atoms with Crippen LogP contribution in [0.25, 0.3) is 0 Å². The zero-order valence-electron chi connectivity index (χ0n) is 10.3. The zero-order valence-corrected chi connectivity index (χ0v) is 10.3. The van der Waals surface area contributed by atoms with Gasteiger partial charge in [-0.05, 0) is 12.0 Å². The molecule has 0 radical (unpaired) electrons. The maximum Gasteiger partial charge on any atom is 0.232 e. The highest BCUT2D eigenvalue weighted by atomic mass is 16.4. The van der Waals surface area contributed by atoms with E-state index in [2.05, 4.69) is 22.4 Å². The molecule has 0 fully saturated rings. The second kappa shape index (κ2) is 5.87. The van der Waals surface area contributed by atoms with Crippen molar-refractivity contribution in [3.05, 3.63) is 47.5 Å². The van der Waals surface area contributed by atoms with Crippen molar-refractivity contribution in [2.24, 2.45) is 0 Å². The van der Waals surface area contributed by atoms with Gasteiger partial charge in [0.2, 0.25) is 11.6 Å². The third-order valence-corrected chi connectivity index (χ3v) is 2.62. The van der Waals surface area contributed by atoms with E-state index < -0.39 is 0 Å². The molecule has 0 unspecified atom stereocenters. The molecule has 1 aromatic heterocycles. The van der Waals surface area contributed by atoms with Crippen LogP contribution in [-0.4, -0.2) is 11.5 Å². The number of hydrogen-bond donors (Lipinski definition) is 1. The lowest BCUT2D eigenvalue weighted by Crippen LogP contribution is -2.05. The van der Waals surface area contributed by atoms with E-state index in [0.717, 1.165) is 13.0 Å². The number of rotatable bonds is 5. The van der Waals surface area contributed by atoms with E-state index >= 15 is 0 Å². The van der Waals surface area contributed by atoms with E-state index in [9.17, 15) is 0 Å². The highest BCUT2D eigenvalue weighted by Gasteiger charge is 2.10. The molecule has 1 aromatic carbocycles. The molecule has 4 heteroatoms. The fraction of sp³-hybridized carbons (Fsp3) is 0.286. The molecule has 2 aromatic rings. The highest BCUT2D eigenvalue weighted by molar-refractivity contribution is 5.45. The quantitative estimate of drug-likeness (QED) is 0.874. The fourth-order valence-electron chi connectivity index (χ4n) is 1.68. The van der Waals surface area contributed by atoms with Crippen LogP contribution in [0.15, 0.2) is 34.7 Å². The first kappa shape index (κ1) is 12.2. The molecule has 0 aliphatic heterocycles. The second-order valence-corrected chi connectivity index (χ2v) is 3.91. The number of nitrogens with one attached hydrogen (secondary N) is 1. The van der Waals surface area contributed by atoms with E-state index in [4.69, 9.17) is 9.68 Å². The Hall–Kier alpha value is -2.28. The third kappa shape index (κ3) is 2.89. The summed E-state index contributed by atoms with van der Waals surface area (Å²) in [6, 6.07) is 12.2. The Morgan fingerprint density at radius 3 is 2.78 bits per heavy atom. The molecule has 1 heterocycles. The summed E-state index contributed by atoms with van der Waals surface area (Å²) in [6.07, 6.45) is 1.57. The van der Waals surface area contributed by atoms with Crippen molar-refractivity contribution in [1.29, 1.82) is 5.26 Å². The van der Waals surface area contributed by atoms with Gasteiger partial charge in [0.25, 0.3) is 0 Å². The predicted octanol–water partition coefficient (Wildman–Crippen LogP) is 2.76. The minimum Gasteiger partial charge on any atom is -0.424 e. The molecule has 0 atom stereocenters. The lowest BCUT2D eigenvalue weighted by molar-refractivity contribution is 0.512. The summed E-state index contributed by atoms with van der Waals surface area (Å²) in [6.45, 7) is 2.66. The lowest BCUT2D eigenvalue weighted by Gasteiger charge is -2.02. The van der Waals surface area contributed by atoms with Crippen LogP contribution in [-0.2, 0) is 12.8 Å². The molecule has 0 saturated heterocycles. The molecule has 0 aliphatic rings. The van der Waals surface area contributed by atoms with Crippen molar-refractivity contribution in [3.8, 4) is 6.07 Å². The smallest absolute Gasteiger partial charge is 0.232 e. The van der Waals surface area contributed by atoms with Crippen LogP contribution in [0.3, 0.4) is 0 Å². The van der Waals surface area contributed by atoms with Gasteiger partial charge in [-0.25, -0.2) is 4.98 Å². The van der Waals surface area contributed by atoms with Crippen molar-refractivity contribution in [1.82, 2.24) is 4.98 Å². The van der Waals surface area contributed by atoms with Crippen molar-refractivity contribution in [2.45, 2.75) is 19.8 Å². The van der Waals surface area contributed by atoms with E-state index in [1.807, 2.05) is 31.2 Å². The molecule has 18 heavy (non-hydrogen) atoms. The monoisotopic (exact) mass is 241 g/mol. The minimum absolute atomic E-state index is 0.333. The molecule has 0 bridgehead atoms. The molecule has 0 aliphatic carbocycles. The normalized spacial score (nSPS) is 10.0. The molecular formula is C14H15N3O. The minimum atomic E-state index is 0.333. The Balaban J connectivity index is 1.94. The largest absolute Gasteiger partial charge is 0.424 e. The van der Waals surface area contributed by atoms with Gasteiger partial charge >= 0.3 is 0 Å². The standard InChI is InChI=1S/C14H15N3O/c1-2-13-17-12(10-15)14(18-13)16-9-8-11-6-4-3-5-7-11/h3-7,16H,2,8-9H2,1H3. The van der Waals surface area contributed by atoms with Gasteiger partial charge < -0.3 is 9.73 Å². The summed E-state index contributed by atoms with van der Waals surface area (Å²) in [5.41, 5.74) is 1.58. The van der Waals surface area contributed by atoms with Crippen molar-refractivity contribution in [2.75, 3.05) is 11.9 Å². The third-order valence-electron chi connectivity index (χ3n) is 2.62. The van der Waals surface area contributed by atoms with Crippen LogP contribution in [0, 0.1) is 11.3 Å². The van der Waals surface area contributed by atoms with Crippen molar-refractivity contribution >= 4 is 5.88 Å². The Labute approximate surface area is 106 Å². The molecule has 2 rings (SSSR count). The summed E-state index contributed by atoms with van der Waals surface area (Å²) >= 11 is 0. The first-order valence-electron chi connectivity index (χ1n) is 6.01. The summed E-state index contributed by atoms with van der Waals surface area (Å²) in [5.74, 6) is 1.07. The van der Waals surface area contributed by atoms with Gasteiger partial charge in [0.05, 0.1) is 0 Å². The lowest BCUT2D eigenvalue weighted by atomic mass is 10.1. The van der Waals surface area contributed by atoms with E-state index in [1.165, 1.54) is 5.56 Å². The van der Waals surface area contributed by atoms with Gasteiger partial charge in [0.1, 0.15) is 6.07 Å². The summed E-state index contributed by atoms with van der Waals surface area (Å²) in [4.78, 5) is 4.08. The van der Waals surface area contributed by atoms with Crippen molar-refractivity contribution < 1.29 is 4.42 Å². The van der Waals surface area contributed by atoms with Gasteiger partial charge in [-0.2, -0.15) is 5.26 Å².